The maximum Gasteiger partial charge on any atom is 0.289 e. The van der Waals surface area contributed by atoms with Gasteiger partial charge < -0.3 is 10.1 Å². The van der Waals surface area contributed by atoms with Gasteiger partial charge in [0, 0.05) is 35.0 Å². The number of morpholine rings is 1. The summed E-state index contributed by atoms with van der Waals surface area (Å²) < 4.78 is 6.86. The summed E-state index contributed by atoms with van der Waals surface area (Å²) in [6.45, 7) is 4.69. The van der Waals surface area contributed by atoms with Crippen LogP contribution in [0.2, 0.25) is 5.02 Å². The van der Waals surface area contributed by atoms with Gasteiger partial charge in [0.05, 0.1) is 40.9 Å². The zero-order valence-electron chi connectivity index (χ0n) is 17.4. The summed E-state index contributed by atoms with van der Waals surface area (Å²) >= 11 is 9.00. The molecule has 32 heavy (non-hydrogen) atoms. The van der Waals surface area contributed by atoms with Crippen molar-refractivity contribution in [2.75, 3.05) is 25.4 Å². The molecule has 0 saturated carbocycles. The van der Waals surface area contributed by atoms with Crippen LogP contribution in [0.25, 0.3) is 21.5 Å². The van der Waals surface area contributed by atoms with Crippen molar-refractivity contribution in [1.82, 2.24) is 20.2 Å². The lowest BCUT2D eigenvalue weighted by Gasteiger charge is -2.25. The number of benzene rings is 1. The molecule has 2 aliphatic heterocycles. The number of hydrogen-bond donors (Lipinski definition) is 1. The highest BCUT2D eigenvalue weighted by Crippen LogP contribution is 2.37. The number of aromatic nitrogens is 2. The molecule has 1 unspecified atom stereocenters. The lowest BCUT2D eigenvalue weighted by atomic mass is 9.94. The van der Waals surface area contributed by atoms with Crippen molar-refractivity contribution in [3.63, 3.8) is 0 Å². The van der Waals surface area contributed by atoms with Crippen molar-refractivity contribution in [3.05, 3.63) is 45.6 Å². The fourth-order valence-electron chi connectivity index (χ4n) is 4.10. The molecule has 2 fully saturated rings. The first-order valence-electron chi connectivity index (χ1n) is 10.3. The molecule has 7 nitrogen and oxygen atoms in total. The number of nitrogens with zero attached hydrogens (tertiary/aromatic N) is 3. The second-order valence-corrected chi connectivity index (χ2v) is 10.3. The molecule has 0 aliphatic carbocycles. The van der Waals surface area contributed by atoms with Gasteiger partial charge in [0.2, 0.25) is 5.91 Å². The standard InChI is InChI=1S/C22H21ClN4O3S2/c1-12-4-13(23)5-17(16(12)6-14-8-24-2-3-30-14)20-21-18(25-11-26-20)7-15(32-21)9-27-19(28)10-31-22(27)29/h4-5,7,11,14,24H,2-3,6,8-10H2,1H3. The third-order valence-electron chi connectivity index (χ3n) is 5.65. The van der Waals surface area contributed by atoms with Gasteiger partial charge in [0.15, 0.2) is 0 Å². The highest BCUT2D eigenvalue weighted by Gasteiger charge is 2.30. The molecule has 1 N–H and O–H groups in total. The first-order chi connectivity index (χ1) is 15.5. The zero-order valence-corrected chi connectivity index (χ0v) is 19.8. The molecule has 166 valence electrons. The van der Waals surface area contributed by atoms with Gasteiger partial charge in [-0.25, -0.2) is 9.97 Å². The summed E-state index contributed by atoms with van der Waals surface area (Å²) in [5.74, 6) is 0.0514. The molecule has 0 spiro atoms. The molecular weight excluding hydrogens is 468 g/mol. The van der Waals surface area contributed by atoms with Gasteiger partial charge in [0.25, 0.3) is 5.24 Å². The van der Waals surface area contributed by atoms with Crippen LogP contribution in [0.5, 0.6) is 0 Å². The highest BCUT2D eigenvalue weighted by atomic mass is 35.5. The van der Waals surface area contributed by atoms with Gasteiger partial charge >= 0.3 is 0 Å². The number of ether oxygens (including phenoxy) is 1. The van der Waals surface area contributed by atoms with Crippen LogP contribution in [0, 0.1) is 6.92 Å². The molecule has 10 heteroatoms. The van der Waals surface area contributed by atoms with E-state index in [0.717, 1.165) is 68.8 Å². The Bertz CT molecular complexity index is 1190. The van der Waals surface area contributed by atoms with Crippen LogP contribution in [0.4, 0.5) is 4.79 Å². The van der Waals surface area contributed by atoms with E-state index in [2.05, 4.69) is 22.2 Å². The van der Waals surface area contributed by atoms with Crippen LogP contribution in [-0.4, -0.2) is 57.6 Å². The van der Waals surface area contributed by atoms with Gasteiger partial charge in [-0.3, -0.25) is 14.5 Å². The molecule has 0 bridgehead atoms. The minimum atomic E-state index is -0.201. The van der Waals surface area contributed by atoms with Crippen molar-refractivity contribution >= 4 is 56.1 Å². The van der Waals surface area contributed by atoms with Gasteiger partial charge in [-0.1, -0.05) is 23.4 Å². The number of rotatable bonds is 5. The Morgan fingerprint density at radius 1 is 1.28 bits per heavy atom. The Labute approximate surface area is 198 Å². The number of aryl methyl sites for hydroxylation is 1. The summed E-state index contributed by atoms with van der Waals surface area (Å²) in [4.78, 5) is 35.3. The summed E-state index contributed by atoms with van der Waals surface area (Å²) in [5, 5.41) is 3.83. The number of thiophene rings is 1. The predicted octanol–water partition coefficient (Wildman–Crippen LogP) is 4.05. The molecule has 0 radical (unpaired) electrons. The number of nitrogens with one attached hydrogen (secondary N) is 1. The quantitative estimate of drug-likeness (QED) is 0.580. The van der Waals surface area contributed by atoms with E-state index in [0.29, 0.717) is 11.6 Å². The number of halogens is 1. The number of thioether (sulfide) groups is 1. The molecule has 5 rings (SSSR count). The smallest absolute Gasteiger partial charge is 0.289 e. The number of carbonyl (C=O) groups is 2. The van der Waals surface area contributed by atoms with Gasteiger partial charge in [-0.15, -0.1) is 11.3 Å². The van der Waals surface area contributed by atoms with E-state index in [1.807, 2.05) is 18.2 Å². The van der Waals surface area contributed by atoms with Crippen LogP contribution < -0.4 is 5.32 Å². The minimum absolute atomic E-state index is 0.0864. The van der Waals surface area contributed by atoms with E-state index in [-0.39, 0.29) is 29.5 Å². The van der Waals surface area contributed by atoms with E-state index < -0.39 is 0 Å². The van der Waals surface area contributed by atoms with Crippen molar-refractivity contribution in [3.8, 4) is 11.3 Å². The normalized spacial score (nSPS) is 19.3. The fraction of sp³-hybridized carbons (Fsp3) is 0.364. The summed E-state index contributed by atoms with van der Waals surface area (Å²) in [5.41, 5.74) is 4.81. The SMILES string of the molecule is Cc1cc(Cl)cc(-c2ncnc3cc(CN4C(=O)CSC4=O)sc23)c1CC1CNCCO1. The molecule has 1 atom stereocenters. The van der Waals surface area contributed by atoms with E-state index in [1.54, 1.807) is 6.33 Å². The summed E-state index contributed by atoms with van der Waals surface area (Å²) in [6, 6.07) is 5.85. The van der Waals surface area contributed by atoms with Crippen LogP contribution in [0.3, 0.4) is 0 Å². The first kappa shape index (κ1) is 21.8. The maximum absolute atomic E-state index is 12.0. The molecule has 4 heterocycles. The van der Waals surface area contributed by atoms with Crippen LogP contribution >= 0.6 is 34.7 Å². The second-order valence-electron chi connectivity index (χ2n) is 7.83. The topological polar surface area (TPSA) is 84.4 Å². The molecular formula is C22H21ClN4O3S2. The van der Waals surface area contributed by atoms with Gasteiger partial charge in [-0.2, -0.15) is 0 Å². The van der Waals surface area contributed by atoms with Crippen LogP contribution in [-0.2, 0) is 22.5 Å². The van der Waals surface area contributed by atoms with Crippen molar-refractivity contribution < 1.29 is 14.3 Å². The van der Waals surface area contributed by atoms with Crippen molar-refractivity contribution in [2.45, 2.75) is 26.0 Å². The minimum Gasteiger partial charge on any atom is -0.375 e. The van der Waals surface area contributed by atoms with Gasteiger partial charge in [0.1, 0.15) is 6.33 Å². The van der Waals surface area contributed by atoms with Crippen LogP contribution in [0.1, 0.15) is 16.0 Å². The largest absolute Gasteiger partial charge is 0.375 e. The van der Waals surface area contributed by atoms with Crippen molar-refractivity contribution in [1.29, 1.82) is 0 Å². The Morgan fingerprint density at radius 2 is 2.16 bits per heavy atom. The molecule has 2 aliphatic rings. The fourth-order valence-corrected chi connectivity index (χ4v) is 6.20. The van der Waals surface area contributed by atoms with E-state index in [9.17, 15) is 9.59 Å². The van der Waals surface area contributed by atoms with Crippen molar-refractivity contribution in [2.24, 2.45) is 0 Å². The first-order valence-corrected chi connectivity index (χ1v) is 12.5. The summed E-state index contributed by atoms with van der Waals surface area (Å²) in [6.07, 6.45) is 2.39. The lowest BCUT2D eigenvalue weighted by molar-refractivity contribution is -0.124. The monoisotopic (exact) mass is 488 g/mol. The van der Waals surface area contributed by atoms with E-state index >= 15 is 0 Å². The molecule has 1 aromatic carbocycles. The van der Waals surface area contributed by atoms with Gasteiger partial charge in [-0.05, 0) is 36.2 Å². The molecule has 2 saturated heterocycles. The van der Waals surface area contributed by atoms with E-state index in [4.69, 9.17) is 16.3 Å². The summed E-state index contributed by atoms with van der Waals surface area (Å²) in [7, 11) is 0. The number of amides is 2. The number of hydrogen-bond acceptors (Lipinski definition) is 8. The Balaban J connectivity index is 1.55. The highest BCUT2D eigenvalue weighted by molar-refractivity contribution is 8.14. The molecule has 3 aromatic rings. The maximum atomic E-state index is 12.0. The zero-order chi connectivity index (χ0) is 22.2. The Morgan fingerprint density at radius 3 is 2.91 bits per heavy atom. The third kappa shape index (κ3) is 4.27. The van der Waals surface area contributed by atoms with E-state index in [1.165, 1.54) is 16.2 Å². The Kier molecular flexibility index (Phi) is 6.18. The van der Waals surface area contributed by atoms with Crippen LogP contribution in [0.15, 0.2) is 24.5 Å². The average molecular weight is 489 g/mol. The number of imide groups is 1. The predicted molar refractivity (Wildman–Crippen MR) is 127 cm³/mol. The third-order valence-corrected chi connectivity index (χ3v) is 7.84. The second kappa shape index (κ2) is 9.07. The molecule has 2 aromatic heterocycles. The number of fused-ring (bicyclic) bond motifs is 1. The Hall–Kier alpha value is -2.04. The average Bonchev–Trinajstić information content (AvgIpc) is 3.34. The lowest BCUT2D eigenvalue weighted by Crippen LogP contribution is -2.39. The molecule has 2 amide bonds. The number of carbonyl (C=O) groups excluding carboxylic acids is 2.